The lowest BCUT2D eigenvalue weighted by Crippen LogP contribution is -2.33. The van der Waals surface area contributed by atoms with Gasteiger partial charge >= 0.3 is 0 Å². The highest BCUT2D eigenvalue weighted by atomic mass is 16.5. The first-order valence-electron chi connectivity index (χ1n) is 12.4. The average Bonchev–Trinajstić information content (AvgIpc) is 2.89. The maximum atomic E-state index is 10.1. The van der Waals surface area contributed by atoms with Crippen LogP contribution in [0, 0.1) is 0 Å². The van der Waals surface area contributed by atoms with Gasteiger partial charge in [0.05, 0.1) is 0 Å². The van der Waals surface area contributed by atoms with E-state index in [2.05, 4.69) is 28.4 Å². The highest BCUT2D eigenvalue weighted by Gasteiger charge is 2.10. The molecule has 0 amide bonds. The molecule has 5 heteroatoms. The van der Waals surface area contributed by atoms with Crippen LogP contribution in [0.5, 0.6) is 17.2 Å². The predicted octanol–water partition coefficient (Wildman–Crippen LogP) is 6.39. The fourth-order valence-electron chi connectivity index (χ4n) is 4.71. The van der Waals surface area contributed by atoms with Gasteiger partial charge in [-0.3, -0.25) is 4.90 Å². The number of phenolic OH excluding ortho intramolecular Hbond substituents is 2. The number of phenols is 2. The van der Waals surface area contributed by atoms with Crippen LogP contribution >= 0.6 is 0 Å². The van der Waals surface area contributed by atoms with Crippen LogP contribution in [0.2, 0.25) is 0 Å². The molecule has 1 heterocycles. The highest BCUT2D eigenvalue weighted by Crippen LogP contribution is 2.34. The van der Waals surface area contributed by atoms with Gasteiger partial charge in [-0.05, 0) is 90.3 Å². The number of ether oxygens (including phenoxy) is 1. The van der Waals surface area contributed by atoms with Crippen molar-refractivity contribution in [1.29, 1.82) is 0 Å². The SMILES string of the molecule is Oc1ccc(-c2ccc3cc(O)ccc3c2)c(NCc2ccc(OCCN3CCCCC3)cc2)c1. The molecule has 4 aromatic rings. The van der Waals surface area contributed by atoms with Gasteiger partial charge in [0.25, 0.3) is 0 Å². The van der Waals surface area contributed by atoms with Crippen LogP contribution < -0.4 is 10.1 Å². The van der Waals surface area contributed by atoms with Gasteiger partial charge in [0.15, 0.2) is 0 Å². The largest absolute Gasteiger partial charge is 0.508 e. The Balaban J connectivity index is 1.23. The lowest BCUT2D eigenvalue weighted by Gasteiger charge is -2.26. The number of aromatic hydroxyl groups is 2. The molecule has 5 nitrogen and oxygen atoms in total. The number of nitrogens with zero attached hydrogens (tertiary/aromatic N) is 1. The quantitative estimate of drug-likeness (QED) is 0.279. The number of piperidine rings is 1. The summed E-state index contributed by atoms with van der Waals surface area (Å²) < 4.78 is 5.95. The van der Waals surface area contributed by atoms with E-state index in [0.717, 1.165) is 52.1 Å². The average molecular weight is 469 g/mol. The summed E-state index contributed by atoms with van der Waals surface area (Å²) in [5, 5.41) is 25.4. The smallest absolute Gasteiger partial charge is 0.119 e. The third-order valence-corrected chi connectivity index (χ3v) is 6.67. The number of hydrogen-bond acceptors (Lipinski definition) is 5. The summed E-state index contributed by atoms with van der Waals surface area (Å²) >= 11 is 0. The van der Waals surface area contributed by atoms with Gasteiger partial charge in [0.1, 0.15) is 23.9 Å². The predicted molar refractivity (Wildman–Crippen MR) is 142 cm³/mol. The number of nitrogens with one attached hydrogen (secondary N) is 1. The van der Waals surface area contributed by atoms with Crippen molar-refractivity contribution in [1.82, 2.24) is 4.90 Å². The molecule has 0 bridgehead atoms. The zero-order valence-electron chi connectivity index (χ0n) is 19.9. The van der Waals surface area contributed by atoms with Crippen LogP contribution in [0.25, 0.3) is 21.9 Å². The van der Waals surface area contributed by atoms with Crippen LogP contribution in [0.4, 0.5) is 5.69 Å². The zero-order valence-corrected chi connectivity index (χ0v) is 19.9. The maximum absolute atomic E-state index is 10.1. The zero-order chi connectivity index (χ0) is 24.0. The molecule has 0 unspecified atom stereocenters. The molecular formula is C30H32N2O3. The fourth-order valence-corrected chi connectivity index (χ4v) is 4.71. The molecular weight excluding hydrogens is 436 g/mol. The second-order valence-corrected chi connectivity index (χ2v) is 9.22. The van der Waals surface area contributed by atoms with Crippen molar-refractivity contribution in [2.45, 2.75) is 25.8 Å². The first-order chi connectivity index (χ1) is 17.1. The summed E-state index contributed by atoms with van der Waals surface area (Å²) in [5.74, 6) is 1.38. The second-order valence-electron chi connectivity index (χ2n) is 9.22. The van der Waals surface area contributed by atoms with Crippen LogP contribution in [0.1, 0.15) is 24.8 Å². The van der Waals surface area contributed by atoms with Gasteiger partial charge in [-0.25, -0.2) is 0 Å². The summed E-state index contributed by atoms with van der Waals surface area (Å²) in [4.78, 5) is 2.48. The number of likely N-dealkylation sites (tertiary alicyclic amines) is 1. The molecule has 3 N–H and O–H groups in total. The van der Waals surface area contributed by atoms with Crippen LogP contribution in [0.3, 0.4) is 0 Å². The lowest BCUT2D eigenvalue weighted by atomic mass is 9.99. The van der Waals surface area contributed by atoms with Crippen LogP contribution in [0.15, 0.2) is 78.9 Å². The van der Waals surface area contributed by atoms with Crippen molar-refractivity contribution in [3.63, 3.8) is 0 Å². The maximum Gasteiger partial charge on any atom is 0.119 e. The molecule has 0 spiro atoms. The topological polar surface area (TPSA) is 65.0 Å². The van der Waals surface area contributed by atoms with Gasteiger partial charge in [0.2, 0.25) is 0 Å². The van der Waals surface area contributed by atoms with E-state index in [0.29, 0.717) is 6.54 Å². The van der Waals surface area contributed by atoms with E-state index in [1.54, 1.807) is 24.3 Å². The number of anilines is 1. The molecule has 35 heavy (non-hydrogen) atoms. The summed E-state index contributed by atoms with van der Waals surface area (Å²) in [5.41, 5.74) is 4.06. The molecule has 0 aromatic heterocycles. The van der Waals surface area contributed by atoms with E-state index in [1.807, 2.05) is 36.4 Å². The normalized spacial score (nSPS) is 14.2. The van der Waals surface area contributed by atoms with Crippen molar-refractivity contribution in [3.8, 4) is 28.4 Å². The van der Waals surface area contributed by atoms with Crippen molar-refractivity contribution in [2.24, 2.45) is 0 Å². The Kier molecular flexibility index (Phi) is 7.05. The first-order valence-corrected chi connectivity index (χ1v) is 12.4. The van der Waals surface area contributed by atoms with Crippen molar-refractivity contribution < 1.29 is 14.9 Å². The van der Waals surface area contributed by atoms with Gasteiger partial charge < -0.3 is 20.3 Å². The number of rotatable bonds is 8. The highest BCUT2D eigenvalue weighted by molar-refractivity contribution is 5.90. The molecule has 4 aromatic carbocycles. The Labute approximate surface area is 206 Å². The Morgan fingerprint density at radius 2 is 1.46 bits per heavy atom. The molecule has 180 valence electrons. The van der Waals surface area contributed by atoms with E-state index in [1.165, 1.54) is 32.4 Å². The first kappa shape index (κ1) is 23.1. The van der Waals surface area contributed by atoms with Crippen molar-refractivity contribution in [3.05, 3.63) is 84.4 Å². The molecule has 5 rings (SSSR count). The summed E-state index contributed by atoms with van der Waals surface area (Å²) in [7, 11) is 0. The second kappa shape index (κ2) is 10.7. The van der Waals surface area contributed by atoms with Crippen molar-refractivity contribution in [2.75, 3.05) is 31.6 Å². The minimum absolute atomic E-state index is 0.222. The summed E-state index contributed by atoms with van der Waals surface area (Å²) in [6, 6.07) is 25.1. The van der Waals surface area contributed by atoms with Crippen LogP contribution in [-0.2, 0) is 6.54 Å². The third kappa shape index (κ3) is 5.87. The number of fused-ring (bicyclic) bond motifs is 1. The molecule has 0 radical (unpaired) electrons. The van der Waals surface area contributed by atoms with Crippen molar-refractivity contribution >= 4 is 16.5 Å². The number of hydrogen-bond donors (Lipinski definition) is 3. The molecule has 0 saturated carbocycles. The van der Waals surface area contributed by atoms with Gasteiger partial charge in [0, 0.05) is 30.4 Å². The number of benzene rings is 4. The molecule has 0 atom stereocenters. The summed E-state index contributed by atoms with van der Waals surface area (Å²) in [6.07, 6.45) is 3.95. The molecule has 1 saturated heterocycles. The fraction of sp³-hybridized carbons (Fsp3) is 0.267. The molecule has 0 aliphatic carbocycles. The van der Waals surface area contributed by atoms with E-state index in [9.17, 15) is 10.2 Å². The van der Waals surface area contributed by atoms with E-state index < -0.39 is 0 Å². The lowest BCUT2D eigenvalue weighted by molar-refractivity contribution is 0.183. The van der Waals surface area contributed by atoms with E-state index in [-0.39, 0.29) is 11.5 Å². The minimum atomic E-state index is 0.222. The van der Waals surface area contributed by atoms with E-state index in [4.69, 9.17) is 4.74 Å². The van der Waals surface area contributed by atoms with Gasteiger partial charge in [-0.2, -0.15) is 0 Å². The van der Waals surface area contributed by atoms with Crippen LogP contribution in [-0.4, -0.2) is 41.4 Å². The molecule has 1 aliphatic rings. The summed E-state index contributed by atoms with van der Waals surface area (Å²) in [6.45, 7) is 4.71. The third-order valence-electron chi connectivity index (χ3n) is 6.67. The molecule has 1 fully saturated rings. The van der Waals surface area contributed by atoms with Gasteiger partial charge in [-0.1, -0.05) is 36.8 Å². The standard InChI is InChI=1S/C30H32N2O3/c33-26-9-8-23-18-25(7-6-24(23)19-26)29-13-10-27(34)20-30(29)31-21-22-4-11-28(12-5-22)35-17-16-32-14-2-1-3-15-32/h4-13,18-20,31,33-34H,1-3,14-17,21H2. The Bertz CT molecular complexity index is 1280. The Morgan fingerprint density at radius 3 is 2.29 bits per heavy atom. The molecule has 1 aliphatic heterocycles. The monoisotopic (exact) mass is 468 g/mol. The Hall–Kier alpha value is -3.70. The Morgan fingerprint density at radius 1 is 0.743 bits per heavy atom. The van der Waals surface area contributed by atoms with Gasteiger partial charge in [-0.15, -0.1) is 0 Å². The minimum Gasteiger partial charge on any atom is -0.508 e. The van der Waals surface area contributed by atoms with E-state index >= 15 is 0 Å².